The predicted octanol–water partition coefficient (Wildman–Crippen LogP) is 2.77. The zero-order valence-corrected chi connectivity index (χ0v) is 11.3. The molecule has 0 fully saturated rings. The van der Waals surface area contributed by atoms with Crippen LogP contribution in [0, 0.1) is 5.92 Å². The first-order chi connectivity index (χ1) is 8.24. The largest absolute Gasteiger partial charge is 0.382 e. The molecule has 4 nitrogen and oxygen atoms in total. The summed E-state index contributed by atoms with van der Waals surface area (Å²) in [6, 6.07) is 0. The first-order valence-electron chi connectivity index (χ1n) is 6.56. The van der Waals surface area contributed by atoms with E-state index in [2.05, 4.69) is 28.7 Å². The molecule has 0 aliphatic carbocycles. The van der Waals surface area contributed by atoms with Crippen molar-refractivity contribution in [2.24, 2.45) is 5.92 Å². The van der Waals surface area contributed by atoms with Crippen molar-refractivity contribution in [3.05, 3.63) is 12.4 Å². The van der Waals surface area contributed by atoms with Crippen molar-refractivity contribution in [1.29, 1.82) is 0 Å². The molecule has 1 aromatic rings. The Balaban J connectivity index is 2.25. The first-order valence-corrected chi connectivity index (χ1v) is 6.56. The van der Waals surface area contributed by atoms with Gasteiger partial charge in [-0.25, -0.2) is 4.98 Å². The zero-order valence-electron chi connectivity index (χ0n) is 11.3. The van der Waals surface area contributed by atoms with Crippen LogP contribution in [0.4, 0.5) is 5.95 Å². The topological polar surface area (TPSA) is 39.1 Å². The van der Waals surface area contributed by atoms with Gasteiger partial charge in [0.25, 0.3) is 0 Å². The fourth-order valence-corrected chi connectivity index (χ4v) is 1.57. The van der Waals surface area contributed by atoms with Crippen LogP contribution in [0.15, 0.2) is 12.4 Å². The van der Waals surface area contributed by atoms with E-state index in [1.165, 1.54) is 6.42 Å². The summed E-state index contributed by atoms with van der Waals surface area (Å²) in [5.41, 5.74) is 0. The molecule has 0 saturated heterocycles. The highest BCUT2D eigenvalue weighted by Crippen LogP contribution is 2.08. The minimum Gasteiger partial charge on any atom is -0.382 e. The molecule has 0 amide bonds. The maximum Gasteiger partial charge on any atom is 0.202 e. The van der Waals surface area contributed by atoms with Crippen LogP contribution < -0.4 is 5.32 Å². The van der Waals surface area contributed by atoms with Crippen molar-refractivity contribution in [3.8, 4) is 0 Å². The van der Waals surface area contributed by atoms with Crippen molar-refractivity contribution >= 4 is 5.95 Å². The zero-order chi connectivity index (χ0) is 12.5. The summed E-state index contributed by atoms with van der Waals surface area (Å²) in [6.07, 6.45) is 6.09. The molecule has 0 aromatic carbocycles. The lowest BCUT2D eigenvalue weighted by Crippen LogP contribution is -2.11. The molecule has 1 heterocycles. The minimum absolute atomic E-state index is 0.725. The van der Waals surface area contributed by atoms with E-state index in [-0.39, 0.29) is 0 Å². The molecule has 0 saturated carbocycles. The Morgan fingerprint density at radius 1 is 1.47 bits per heavy atom. The second kappa shape index (κ2) is 8.12. The number of nitrogens with one attached hydrogen (secondary N) is 1. The van der Waals surface area contributed by atoms with Crippen molar-refractivity contribution in [1.82, 2.24) is 9.55 Å². The Labute approximate surface area is 104 Å². The van der Waals surface area contributed by atoms with E-state index < -0.39 is 0 Å². The molecule has 17 heavy (non-hydrogen) atoms. The number of nitrogens with zero attached hydrogens (tertiary/aromatic N) is 2. The Morgan fingerprint density at radius 3 is 3.00 bits per heavy atom. The summed E-state index contributed by atoms with van der Waals surface area (Å²) >= 11 is 0. The monoisotopic (exact) mass is 239 g/mol. The van der Waals surface area contributed by atoms with Gasteiger partial charge in [0.15, 0.2) is 0 Å². The fourth-order valence-electron chi connectivity index (χ4n) is 1.57. The smallest absolute Gasteiger partial charge is 0.202 e. The third-order valence-electron chi connectivity index (χ3n) is 2.62. The average Bonchev–Trinajstić information content (AvgIpc) is 2.73. The van der Waals surface area contributed by atoms with Gasteiger partial charge in [-0.05, 0) is 25.7 Å². The van der Waals surface area contributed by atoms with Crippen molar-refractivity contribution in [3.63, 3.8) is 0 Å². The second-order valence-corrected chi connectivity index (χ2v) is 4.60. The van der Waals surface area contributed by atoms with Crippen LogP contribution in [-0.4, -0.2) is 29.3 Å². The van der Waals surface area contributed by atoms with Gasteiger partial charge in [0.2, 0.25) is 5.95 Å². The number of ether oxygens (including phenoxy) is 1. The number of rotatable bonds is 9. The Kier molecular flexibility index (Phi) is 6.70. The number of aromatic nitrogens is 2. The van der Waals surface area contributed by atoms with E-state index in [1.54, 1.807) is 0 Å². The lowest BCUT2D eigenvalue weighted by molar-refractivity contribution is 0.147. The number of hydrogen-bond donors (Lipinski definition) is 1. The average molecular weight is 239 g/mol. The van der Waals surface area contributed by atoms with Gasteiger partial charge in [-0.15, -0.1) is 0 Å². The van der Waals surface area contributed by atoms with Gasteiger partial charge >= 0.3 is 0 Å². The molecule has 0 spiro atoms. The van der Waals surface area contributed by atoms with Crippen LogP contribution in [0.2, 0.25) is 0 Å². The molecule has 0 aliphatic heterocycles. The summed E-state index contributed by atoms with van der Waals surface area (Å²) in [6.45, 7) is 10.1. The van der Waals surface area contributed by atoms with Gasteiger partial charge in [-0.2, -0.15) is 0 Å². The van der Waals surface area contributed by atoms with Crippen molar-refractivity contribution < 1.29 is 4.74 Å². The maximum atomic E-state index is 5.29. The standard InChI is InChI=1S/C13H25N3O/c1-4-17-11-5-7-14-13-15-8-10-16(13)9-6-12(2)3/h8,10,12H,4-7,9,11H2,1-3H3,(H,14,15). The molecule has 0 aliphatic rings. The Hall–Kier alpha value is -1.03. The van der Waals surface area contributed by atoms with Gasteiger partial charge in [0.05, 0.1) is 0 Å². The number of hydrogen-bond acceptors (Lipinski definition) is 3. The molecule has 1 aromatic heterocycles. The number of aryl methyl sites for hydroxylation is 1. The second-order valence-electron chi connectivity index (χ2n) is 4.60. The molecular weight excluding hydrogens is 214 g/mol. The first kappa shape index (κ1) is 14.0. The summed E-state index contributed by atoms with van der Waals surface area (Å²) in [4.78, 5) is 4.32. The highest BCUT2D eigenvalue weighted by Gasteiger charge is 2.02. The summed E-state index contributed by atoms with van der Waals surface area (Å²) in [5.74, 6) is 1.70. The van der Waals surface area contributed by atoms with E-state index in [9.17, 15) is 0 Å². The van der Waals surface area contributed by atoms with Crippen molar-refractivity contribution in [2.75, 3.05) is 25.1 Å². The van der Waals surface area contributed by atoms with Crippen LogP contribution in [0.25, 0.3) is 0 Å². The fraction of sp³-hybridized carbons (Fsp3) is 0.769. The van der Waals surface area contributed by atoms with Gasteiger partial charge < -0.3 is 14.6 Å². The van der Waals surface area contributed by atoms with Gasteiger partial charge in [-0.3, -0.25) is 0 Å². The van der Waals surface area contributed by atoms with Crippen LogP contribution >= 0.6 is 0 Å². The van der Waals surface area contributed by atoms with Crippen LogP contribution in [0.1, 0.15) is 33.6 Å². The minimum atomic E-state index is 0.725. The van der Waals surface area contributed by atoms with Gasteiger partial charge in [-0.1, -0.05) is 13.8 Å². The summed E-state index contributed by atoms with van der Waals surface area (Å²) in [7, 11) is 0. The van der Waals surface area contributed by atoms with Crippen LogP contribution in [-0.2, 0) is 11.3 Å². The third kappa shape index (κ3) is 5.73. The maximum absolute atomic E-state index is 5.29. The molecule has 4 heteroatoms. The Bertz CT molecular complexity index is 297. The molecular formula is C13H25N3O. The van der Waals surface area contributed by atoms with Gasteiger partial charge in [0, 0.05) is 38.7 Å². The number of imidazole rings is 1. The molecule has 0 bridgehead atoms. The quantitative estimate of drug-likeness (QED) is 0.673. The molecule has 0 radical (unpaired) electrons. The molecule has 0 atom stereocenters. The molecule has 1 N–H and O–H groups in total. The number of anilines is 1. The highest BCUT2D eigenvalue weighted by atomic mass is 16.5. The van der Waals surface area contributed by atoms with E-state index in [1.807, 2.05) is 19.3 Å². The lowest BCUT2D eigenvalue weighted by Gasteiger charge is -2.11. The van der Waals surface area contributed by atoms with Crippen LogP contribution in [0.3, 0.4) is 0 Å². The summed E-state index contributed by atoms with van der Waals surface area (Å²) < 4.78 is 7.48. The van der Waals surface area contributed by atoms with E-state index in [0.29, 0.717) is 0 Å². The molecule has 98 valence electrons. The highest BCUT2D eigenvalue weighted by molar-refractivity contribution is 5.25. The van der Waals surface area contributed by atoms with E-state index in [0.717, 1.165) is 44.6 Å². The third-order valence-corrected chi connectivity index (χ3v) is 2.62. The van der Waals surface area contributed by atoms with Gasteiger partial charge in [0.1, 0.15) is 0 Å². The molecule has 1 rings (SSSR count). The predicted molar refractivity (Wildman–Crippen MR) is 71.3 cm³/mol. The van der Waals surface area contributed by atoms with E-state index in [4.69, 9.17) is 4.74 Å². The lowest BCUT2D eigenvalue weighted by atomic mass is 10.1. The summed E-state index contributed by atoms with van der Waals surface area (Å²) in [5, 5.41) is 3.35. The SMILES string of the molecule is CCOCCCNc1nccn1CCC(C)C. The van der Waals surface area contributed by atoms with Crippen molar-refractivity contribution in [2.45, 2.75) is 40.2 Å². The molecule has 0 unspecified atom stereocenters. The van der Waals surface area contributed by atoms with E-state index >= 15 is 0 Å². The van der Waals surface area contributed by atoms with Crippen LogP contribution in [0.5, 0.6) is 0 Å². The normalized spacial score (nSPS) is 11.1. The Morgan fingerprint density at radius 2 is 2.29 bits per heavy atom.